The standard InChI is InChI=1S/C13H16BrNO/c14-12-4-1-3-11-7-10(9-16-13(11)12)8-15-5-2-6-15/h1,3-4,10H,2,5-9H2. The summed E-state index contributed by atoms with van der Waals surface area (Å²) in [5.41, 5.74) is 1.35. The number of hydrogen-bond donors (Lipinski definition) is 0. The number of fused-ring (bicyclic) bond motifs is 1. The molecule has 1 aromatic rings. The van der Waals surface area contributed by atoms with Gasteiger partial charge in [0.05, 0.1) is 11.1 Å². The highest BCUT2D eigenvalue weighted by Gasteiger charge is 2.25. The third kappa shape index (κ3) is 1.98. The molecule has 1 atom stereocenters. The lowest BCUT2D eigenvalue weighted by Gasteiger charge is -2.36. The molecular formula is C13H16BrNO. The Kier molecular flexibility index (Phi) is 2.90. The summed E-state index contributed by atoms with van der Waals surface area (Å²) in [4.78, 5) is 2.52. The number of nitrogens with zero attached hydrogens (tertiary/aromatic N) is 1. The molecule has 2 aliphatic heterocycles. The molecule has 0 aliphatic carbocycles. The fraction of sp³-hybridized carbons (Fsp3) is 0.538. The number of benzene rings is 1. The van der Waals surface area contributed by atoms with Crippen molar-refractivity contribution < 1.29 is 4.74 Å². The molecule has 3 rings (SSSR count). The zero-order valence-corrected chi connectivity index (χ0v) is 10.9. The fourth-order valence-corrected chi connectivity index (χ4v) is 3.02. The van der Waals surface area contributed by atoms with E-state index >= 15 is 0 Å². The van der Waals surface area contributed by atoms with E-state index in [0.717, 1.165) is 23.2 Å². The van der Waals surface area contributed by atoms with Crippen molar-refractivity contribution in [3.8, 4) is 5.75 Å². The number of likely N-dealkylation sites (tertiary alicyclic amines) is 1. The minimum atomic E-state index is 0.669. The van der Waals surface area contributed by atoms with E-state index in [-0.39, 0.29) is 0 Å². The Morgan fingerprint density at radius 3 is 3.00 bits per heavy atom. The normalized spacial score (nSPS) is 24.4. The van der Waals surface area contributed by atoms with Gasteiger partial charge in [-0.1, -0.05) is 12.1 Å². The van der Waals surface area contributed by atoms with Gasteiger partial charge in [0, 0.05) is 12.5 Å². The van der Waals surface area contributed by atoms with E-state index in [4.69, 9.17) is 4.74 Å². The Labute approximate surface area is 105 Å². The van der Waals surface area contributed by atoms with Crippen molar-refractivity contribution in [2.45, 2.75) is 12.8 Å². The second kappa shape index (κ2) is 4.38. The topological polar surface area (TPSA) is 12.5 Å². The lowest BCUT2D eigenvalue weighted by atomic mass is 9.95. The first kappa shape index (κ1) is 10.6. The van der Waals surface area contributed by atoms with Gasteiger partial charge >= 0.3 is 0 Å². The Morgan fingerprint density at radius 2 is 2.25 bits per heavy atom. The molecule has 0 aromatic heterocycles. The lowest BCUT2D eigenvalue weighted by Crippen LogP contribution is -2.43. The van der Waals surface area contributed by atoms with Crippen LogP contribution in [0.4, 0.5) is 0 Å². The molecule has 1 fully saturated rings. The van der Waals surface area contributed by atoms with Gasteiger partial charge in [-0.3, -0.25) is 0 Å². The molecule has 0 N–H and O–H groups in total. The van der Waals surface area contributed by atoms with E-state index in [2.05, 4.69) is 39.0 Å². The average Bonchev–Trinajstić information content (AvgIpc) is 2.24. The Hall–Kier alpha value is -0.540. The molecule has 2 heterocycles. The van der Waals surface area contributed by atoms with Gasteiger partial charge in [0.2, 0.25) is 0 Å². The molecule has 2 nitrogen and oxygen atoms in total. The summed E-state index contributed by atoms with van der Waals surface area (Å²) in [6.45, 7) is 4.63. The van der Waals surface area contributed by atoms with Crippen LogP contribution in [0.25, 0.3) is 0 Å². The van der Waals surface area contributed by atoms with Gasteiger partial charge in [-0.05, 0) is 53.5 Å². The van der Waals surface area contributed by atoms with Crippen molar-refractivity contribution in [2.24, 2.45) is 5.92 Å². The van der Waals surface area contributed by atoms with Crippen LogP contribution in [-0.4, -0.2) is 31.1 Å². The van der Waals surface area contributed by atoms with Crippen molar-refractivity contribution in [1.29, 1.82) is 0 Å². The maximum atomic E-state index is 5.86. The summed E-state index contributed by atoms with van der Waals surface area (Å²) in [5, 5.41) is 0. The van der Waals surface area contributed by atoms with Gasteiger partial charge in [-0.2, -0.15) is 0 Å². The molecule has 2 aliphatic rings. The van der Waals surface area contributed by atoms with Crippen LogP contribution in [-0.2, 0) is 6.42 Å². The molecule has 1 aromatic carbocycles. The second-order valence-corrected chi connectivity index (χ2v) is 5.62. The zero-order valence-electron chi connectivity index (χ0n) is 9.29. The minimum Gasteiger partial charge on any atom is -0.492 e. The summed E-state index contributed by atoms with van der Waals surface area (Å²) in [6.07, 6.45) is 2.53. The third-order valence-electron chi connectivity index (χ3n) is 3.49. The van der Waals surface area contributed by atoms with Crippen LogP contribution >= 0.6 is 15.9 Å². The molecular weight excluding hydrogens is 266 g/mol. The molecule has 0 spiro atoms. The quantitative estimate of drug-likeness (QED) is 0.827. The highest BCUT2D eigenvalue weighted by atomic mass is 79.9. The lowest BCUT2D eigenvalue weighted by molar-refractivity contribution is 0.116. The Bertz CT molecular complexity index is 390. The average molecular weight is 282 g/mol. The molecule has 16 heavy (non-hydrogen) atoms. The van der Waals surface area contributed by atoms with Gasteiger partial charge in [-0.15, -0.1) is 0 Å². The molecule has 0 radical (unpaired) electrons. The van der Waals surface area contributed by atoms with Crippen molar-refractivity contribution in [3.05, 3.63) is 28.2 Å². The van der Waals surface area contributed by atoms with Crippen molar-refractivity contribution in [2.75, 3.05) is 26.2 Å². The summed E-state index contributed by atoms with van der Waals surface area (Å²) in [6, 6.07) is 6.33. The van der Waals surface area contributed by atoms with Crippen molar-refractivity contribution in [1.82, 2.24) is 4.90 Å². The molecule has 0 amide bonds. The summed E-state index contributed by atoms with van der Waals surface area (Å²) < 4.78 is 6.95. The first-order chi connectivity index (χ1) is 7.83. The van der Waals surface area contributed by atoms with Crippen LogP contribution in [0, 0.1) is 5.92 Å². The maximum Gasteiger partial charge on any atom is 0.136 e. The molecule has 0 saturated carbocycles. The van der Waals surface area contributed by atoms with Gasteiger partial charge < -0.3 is 9.64 Å². The monoisotopic (exact) mass is 281 g/mol. The first-order valence-electron chi connectivity index (χ1n) is 5.95. The second-order valence-electron chi connectivity index (χ2n) is 4.76. The Morgan fingerprint density at radius 1 is 1.38 bits per heavy atom. The van der Waals surface area contributed by atoms with Gasteiger partial charge in [0.1, 0.15) is 5.75 Å². The van der Waals surface area contributed by atoms with E-state index in [1.807, 2.05) is 0 Å². The summed E-state index contributed by atoms with van der Waals surface area (Å²) in [7, 11) is 0. The third-order valence-corrected chi connectivity index (χ3v) is 4.11. The van der Waals surface area contributed by atoms with Crippen LogP contribution in [0.2, 0.25) is 0 Å². The predicted octanol–water partition coefficient (Wildman–Crippen LogP) is 2.71. The molecule has 1 saturated heterocycles. The predicted molar refractivity (Wildman–Crippen MR) is 67.9 cm³/mol. The number of halogens is 1. The number of ether oxygens (including phenoxy) is 1. The number of hydrogen-bond acceptors (Lipinski definition) is 2. The summed E-state index contributed by atoms with van der Waals surface area (Å²) in [5.74, 6) is 1.73. The number of rotatable bonds is 2. The fourth-order valence-electron chi connectivity index (χ4n) is 2.49. The number of para-hydroxylation sites is 1. The zero-order chi connectivity index (χ0) is 11.0. The molecule has 3 heteroatoms. The van der Waals surface area contributed by atoms with Crippen molar-refractivity contribution >= 4 is 15.9 Å². The van der Waals surface area contributed by atoms with E-state index in [0.29, 0.717) is 5.92 Å². The largest absolute Gasteiger partial charge is 0.492 e. The van der Waals surface area contributed by atoms with Gasteiger partial charge in [0.15, 0.2) is 0 Å². The van der Waals surface area contributed by atoms with E-state index in [1.165, 1.54) is 31.6 Å². The van der Waals surface area contributed by atoms with E-state index < -0.39 is 0 Å². The highest BCUT2D eigenvalue weighted by Crippen LogP contribution is 2.34. The van der Waals surface area contributed by atoms with Gasteiger partial charge in [0.25, 0.3) is 0 Å². The van der Waals surface area contributed by atoms with Crippen LogP contribution < -0.4 is 4.74 Å². The van der Waals surface area contributed by atoms with Crippen LogP contribution in [0.1, 0.15) is 12.0 Å². The van der Waals surface area contributed by atoms with E-state index in [1.54, 1.807) is 0 Å². The van der Waals surface area contributed by atoms with Crippen molar-refractivity contribution in [3.63, 3.8) is 0 Å². The van der Waals surface area contributed by atoms with Crippen LogP contribution in [0.3, 0.4) is 0 Å². The molecule has 1 unspecified atom stereocenters. The minimum absolute atomic E-state index is 0.669. The highest BCUT2D eigenvalue weighted by molar-refractivity contribution is 9.10. The molecule has 0 bridgehead atoms. The Balaban J connectivity index is 1.70. The summed E-state index contributed by atoms with van der Waals surface area (Å²) >= 11 is 3.54. The van der Waals surface area contributed by atoms with Crippen LogP contribution in [0.15, 0.2) is 22.7 Å². The van der Waals surface area contributed by atoms with Gasteiger partial charge in [-0.25, -0.2) is 0 Å². The van der Waals surface area contributed by atoms with Crippen LogP contribution in [0.5, 0.6) is 5.75 Å². The smallest absolute Gasteiger partial charge is 0.136 e. The maximum absolute atomic E-state index is 5.86. The SMILES string of the molecule is Brc1cccc2c1OCC(CN1CCC1)C2. The molecule has 86 valence electrons. The first-order valence-corrected chi connectivity index (χ1v) is 6.75. The van der Waals surface area contributed by atoms with E-state index in [9.17, 15) is 0 Å².